The van der Waals surface area contributed by atoms with Crippen LogP contribution in [0.5, 0.6) is 0 Å². The number of anilines is 2. The van der Waals surface area contributed by atoms with E-state index in [0.717, 1.165) is 43.2 Å². The average Bonchev–Trinajstić information content (AvgIpc) is 3.24. The molecule has 1 aliphatic rings. The van der Waals surface area contributed by atoms with Crippen LogP contribution in [0.1, 0.15) is 10.4 Å². The van der Waals surface area contributed by atoms with Crippen molar-refractivity contribution in [1.82, 2.24) is 19.7 Å². The van der Waals surface area contributed by atoms with Gasteiger partial charge in [-0.05, 0) is 43.4 Å². The van der Waals surface area contributed by atoms with Crippen LogP contribution < -0.4 is 10.2 Å². The van der Waals surface area contributed by atoms with E-state index in [4.69, 9.17) is 0 Å². The second-order valence-corrected chi connectivity index (χ2v) is 6.65. The summed E-state index contributed by atoms with van der Waals surface area (Å²) < 4.78 is 1.66. The molecule has 0 saturated carbocycles. The minimum absolute atomic E-state index is 0.123. The summed E-state index contributed by atoms with van der Waals surface area (Å²) in [5.74, 6) is -0.123. The number of carbonyl (C=O) groups excluding carboxylic acids is 1. The van der Waals surface area contributed by atoms with Crippen molar-refractivity contribution in [3.05, 3.63) is 66.7 Å². The SMILES string of the molecule is CN1CCN(c2ccccc2NC(=O)c2ccc(-n3cncn3)cc2)CC1. The maximum atomic E-state index is 12.7. The summed E-state index contributed by atoms with van der Waals surface area (Å²) in [7, 11) is 2.13. The van der Waals surface area contributed by atoms with E-state index in [-0.39, 0.29) is 5.91 Å². The summed E-state index contributed by atoms with van der Waals surface area (Å²) >= 11 is 0. The highest BCUT2D eigenvalue weighted by atomic mass is 16.1. The topological polar surface area (TPSA) is 66.3 Å². The number of piperazine rings is 1. The molecule has 7 heteroatoms. The Morgan fingerprint density at radius 2 is 1.74 bits per heavy atom. The third-order valence-corrected chi connectivity index (χ3v) is 4.81. The molecule has 138 valence electrons. The van der Waals surface area contributed by atoms with Gasteiger partial charge in [-0.2, -0.15) is 5.10 Å². The van der Waals surface area contributed by atoms with E-state index in [9.17, 15) is 4.79 Å². The van der Waals surface area contributed by atoms with E-state index in [1.54, 1.807) is 23.1 Å². The number of hydrogen-bond acceptors (Lipinski definition) is 5. The molecule has 4 rings (SSSR count). The molecule has 0 spiro atoms. The largest absolute Gasteiger partial charge is 0.367 e. The van der Waals surface area contributed by atoms with Gasteiger partial charge in [0.1, 0.15) is 12.7 Å². The number of nitrogens with one attached hydrogen (secondary N) is 1. The lowest BCUT2D eigenvalue weighted by atomic mass is 10.1. The van der Waals surface area contributed by atoms with Gasteiger partial charge >= 0.3 is 0 Å². The van der Waals surface area contributed by atoms with Gasteiger partial charge in [0, 0.05) is 31.7 Å². The minimum Gasteiger partial charge on any atom is -0.367 e. The minimum atomic E-state index is -0.123. The molecule has 1 saturated heterocycles. The van der Waals surface area contributed by atoms with Gasteiger partial charge < -0.3 is 15.1 Å². The normalized spacial score (nSPS) is 14.9. The molecule has 0 aliphatic carbocycles. The van der Waals surface area contributed by atoms with Crippen molar-refractivity contribution in [2.75, 3.05) is 43.4 Å². The van der Waals surface area contributed by atoms with Crippen LogP contribution in [0, 0.1) is 0 Å². The quantitative estimate of drug-likeness (QED) is 0.771. The molecule has 2 heterocycles. The summed E-state index contributed by atoms with van der Waals surface area (Å²) in [6.45, 7) is 3.95. The van der Waals surface area contributed by atoms with Crippen molar-refractivity contribution < 1.29 is 4.79 Å². The first-order valence-corrected chi connectivity index (χ1v) is 8.99. The Kier molecular flexibility index (Phi) is 4.84. The van der Waals surface area contributed by atoms with E-state index in [0.29, 0.717) is 5.56 Å². The van der Waals surface area contributed by atoms with Crippen LogP contribution in [0.15, 0.2) is 61.2 Å². The maximum absolute atomic E-state index is 12.7. The van der Waals surface area contributed by atoms with Gasteiger partial charge in [-0.1, -0.05) is 12.1 Å². The predicted octanol–water partition coefficient (Wildman–Crippen LogP) is 2.27. The van der Waals surface area contributed by atoms with Crippen LogP contribution in [0.2, 0.25) is 0 Å². The van der Waals surface area contributed by atoms with Gasteiger partial charge in [-0.25, -0.2) is 9.67 Å². The molecule has 2 aromatic carbocycles. The highest BCUT2D eigenvalue weighted by Crippen LogP contribution is 2.27. The molecule has 0 radical (unpaired) electrons. The smallest absolute Gasteiger partial charge is 0.255 e. The van der Waals surface area contributed by atoms with Crippen LogP contribution in [0.3, 0.4) is 0 Å². The number of benzene rings is 2. The Bertz CT molecular complexity index is 898. The number of likely N-dealkylation sites (N-methyl/N-ethyl adjacent to an activating group) is 1. The van der Waals surface area contributed by atoms with Crippen molar-refractivity contribution in [2.24, 2.45) is 0 Å². The fourth-order valence-electron chi connectivity index (χ4n) is 3.20. The van der Waals surface area contributed by atoms with Gasteiger partial charge in [-0.15, -0.1) is 0 Å². The highest BCUT2D eigenvalue weighted by Gasteiger charge is 2.18. The third kappa shape index (κ3) is 3.83. The van der Waals surface area contributed by atoms with Gasteiger partial charge in [0.25, 0.3) is 5.91 Å². The number of nitrogens with zero attached hydrogens (tertiary/aromatic N) is 5. The Morgan fingerprint density at radius 1 is 1.00 bits per heavy atom. The van der Waals surface area contributed by atoms with E-state index < -0.39 is 0 Å². The first-order chi connectivity index (χ1) is 13.2. The van der Waals surface area contributed by atoms with E-state index in [1.807, 2.05) is 30.3 Å². The number of aromatic nitrogens is 3. The fourth-order valence-corrected chi connectivity index (χ4v) is 3.20. The van der Waals surface area contributed by atoms with Crippen LogP contribution in [-0.2, 0) is 0 Å². The Hall–Kier alpha value is -3.19. The monoisotopic (exact) mass is 362 g/mol. The summed E-state index contributed by atoms with van der Waals surface area (Å²) in [4.78, 5) is 21.3. The van der Waals surface area contributed by atoms with E-state index in [1.165, 1.54) is 6.33 Å². The molecule has 0 atom stereocenters. The summed E-state index contributed by atoms with van der Waals surface area (Å²) in [6, 6.07) is 15.3. The molecular formula is C20H22N6O. The predicted molar refractivity (Wildman–Crippen MR) is 105 cm³/mol. The summed E-state index contributed by atoms with van der Waals surface area (Å²) in [5, 5.41) is 7.15. The first-order valence-electron chi connectivity index (χ1n) is 8.99. The zero-order valence-electron chi connectivity index (χ0n) is 15.2. The lowest BCUT2D eigenvalue weighted by Gasteiger charge is -2.35. The molecule has 1 N–H and O–H groups in total. The molecule has 0 unspecified atom stereocenters. The average molecular weight is 362 g/mol. The number of hydrogen-bond donors (Lipinski definition) is 1. The molecule has 1 amide bonds. The number of carbonyl (C=O) groups is 1. The number of para-hydroxylation sites is 2. The second-order valence-electron chi connectivity index (χ2n) is 6.65. The van der Waals surface area contributed by atoms with E-state index in [2.05, 4.69) is 38.3 Å². The number of rotatable bonds is 4. The molecule has 1 aliphatic heterocycles. The first kappa shape index (κ1) is 17.2. The van der Waals surface area contributed by atoms with Crippen molar-refractivity contribution in [3.8, 4) is 5.69 Å². The third-order valence-electron chi connectivity index (χ3n) is 4.81. The maximum Gasteiger partial charge on any atom is 0.255 e. The molecule has 27 heavy (non-hydrogen) atoms. The van der Waals surface area contributed by atoms with Crippen LogP contribution >= 0.6 is 0 Å². The standard InChI is InChI=1S/C20H22N6O/c1-24-10-12-25(13-11-24)19-5-3-2-4-18(19)23-20(27)16-6-8-17(9-7-16)26-15-21-14-22-26/h2-9,14-15H,10-13H2,1H3,(H,23,27). The lowest BCUT2D eigenvalue weighted by Crippen LogP contribution is -2.44. The van der Waals surface area contributed by atoms with Crippen molar-refractivity contribution in [2.45, 2.75) is 0 Å². The fraction of sp³-hybridized carbons (Fsp3) is 0.250. The lowest BCUT2D eigenvalue weighted by molar-refractivity contribution is 0.102. The molecule has 0 bridgehead atoms. The zero-order chi connectivity index (χ0) is 18.6. The van der Waals surface area contributed by atoms with Crippen LogP contribution in [0.25, 0.3) is 5.69 Å². The molecule has 3 aromatic rings. The summed E-state index contributed by atoms with van der Waals surface area (Å²) in [5.41, 5.74) is 3.37. The zero-order valence-corrected chi connectivity index (χ0v) is 15.2. The van der Waals surface area contributed by atoms with Crippen molar-refractivity contribution >= 4 is 17.3 Å². The Balaban J connectivity index is 1.50. The summed E-state index contributed by atoms with van der Waals surface area (Å²) in [6.07, 6.45) is 3.11. The van der Waals surface area contributed by atoms with Gasteiger partial charge in [0.2, 0.25) is 0 Å². The van der Waals surface area contributed by atoms with E-state index >= 15 is 0 Å². The van der Waals surface area contributed by atoms with Crippen molar-refractivity contribution in [1.29, 1.82) is 0 Å². The molecule has 7 nitrogen and oxygen atoms in total. The highest BCUT2D eigenvalue weighted by molar-refractivity contribution is 6.06. The van der Waals surface area contributed by atoms with Gasteiger partial charge in [0.15, 0.2) is 0 Å². The van der Waals surface area contributed by atoms with Gasteiger partial charge in [0.05, 0.1) is 17.1 Å². The van der Waals surface area contributed by atoms with Crippen LogP contribution in [-0.4, -0.2) is 58.8 Å². The van der Waals surface area contributed by atoms with Crippen molar-refractivity contribution in [3.63, 3.8) is 0 Å². The number of amides is 1. The molecular weight excluding hydrogens is 340 g/mol. The second kappa shape index (κ2) is 7.59. The Morgan fingerprint density at radius 3 is 2.44 bits per heavy atom. The van der Waals surface area contributed by atoms with Crippen LogP contribution in [0.4, 0.5) is 11.4 Å². The molecule has 1 aromatic heterocycles. The Labute approximate surface area is 158 Å². The molecule has 1 fully saturated rings. The van der Waals surface area contributed by atoms with Gasteiger partial charge in [-0.3, -0.25) is 4.79 Å².